The predicted octanol–water partition coefficient (Wildman–Crippen LogP) is 3.55. The molecule has 0 spiro atoms. The number of carboxylic acid groups (broad SMARTS) is 1. The summed E-state index contributed by atoms with van der Waals surface area (Å²) in [6, 6.07) is 14.1. The van der Waals surface area contributed by atoms with Gasteiger partial charge in [0.05, 0.1) is 17.5 Å². The highest BCUT2D eigenvalue weighted by Crippen LogP contribution is 2.12. The number of likely N-dealkylation sites (N-methyl/N-ethyl adjacent to an activating group) is 1. The molecule has 0 heterocycles. The molecule has 0 atom stereocenters. The first-order valence-corrected chi connectivity index (χ1v) is 8.70. The van der Waals surface area contributed by atoms with Crippen molar-refractivity contribution < 1.29 is 14.6 Å². The van der Waals surface area contributed by atoms with E-state index in [1.54, 1.807) is 18.3 Å². The fraction of sp³-hybridized carbons (Fsp3) is 0.300. The fourth-order valence-corrected chi connectivity index (χ4v) is 2.35. The SMILES string of the molecule is CCN(CC)CCOc1ccc(/C=N\Nc2ccc(C(=O)O)cc2)cc1. The second-order valence-corrected chi connectivity index (χ2v) is 5.70. The third kappa shape index (κ3) is 6.22. The summed E-state index contributed by atoms with van der Waals surface area (Å²) < 4.78 is 5.75. The standard InChI is InChI=1S/C20H25N3O3/c1-3-23(4-2)13-14-26-19-11-5-16(6-12-19)15-21-22-18-9-7-17(8-10-18)20(24)25/h5-12,15,22H,3-4,13-14H2,1-2H3,(H,24,25)/b21-15-. The number of rotatable bonds is 10. The Hall–Kier alpha value is -2.86. The van der Waals surface area contributed by atoms with Gasteiger partial charge >= 0.3 is 5.97 Å². The molecule has 0 aromatic heterocycles. The molecule has 0 amide bonds. The molecule has 2 aromatic carbocycles. The molecule has 0 aliphatic carbocycles. The number of carbonyl (C=O) groups is 1. The van der Waals surface area contributed by atoms with Crippen molar-refractivity contribution >= 4 is 17.9 Å². The van der Waals surface area contributed by atoms with Crippen molar-refractivity contribution in [2.75, 3.05) is 31.7 Å². The molecule has 0 fully saturated rings. The van der Waals surface area contributed by atoms with E-state index in [-0.39, 0.29) is 5.56 Å². The quantitative estimate of drug-likeness (QED) is 0.504. The van der Waals surface area contributed by atoms with Crippen LogP contribution in [0, 0.1) is 0 Å². The van der Waals surface area contributed by atoms with Crippen molar-refractivity contribution in [3.8, 4) is 5.75 Å². The average molecular weight is 355 g/mol. The fourth-order valence-electron chi connectivity index (χ4n) is 2.35. The lowest BCUT2D eigenvalue weighted by Gasteiger charge is -2.17. The van der Waals surface area contributed by atoms with E-state index in [1.165, 1.54) is 12.1 Å². The molecule has 6 nitrogen and oxygen atoms in total. The normalized spacial score (nSPS) is 11.0. The third-order valence-electron chi connectivity index (χ3n) is 3.99. The van der Waals surface area contributed by atoms with Crippen LogP contribution in [0.1, 0.15) is 29.8 Å². The second-order valence-electron chi connectivity index (χ2n) is 5.70. The summed E-state index contributed by atoms with van der Waals surface area (Å²) in [5.74, 6) is -0.106. The van der Waals surface area contributed by atoms with E-state index < -0.39 is 5.97 Å². The maximum absolute atomic E-state index is 10.8. The van der Waals surface area contributed by atoms with E-state index in [0.29, 0.717) is 6.61 Å². The molecule has 0 aliphatic rings. The summed E-state index contributed by atoms with van der Waals surface area (Å²) in [6.45, 7) is 7.94. The minimum atomic E-state index is -0.945. The lowest BCUT2D eigenvalue weighted by Crippen LogP contribution is -2.27. The molecule has 0 unspecified atom stereocenters. The first-order valence-electron chi connectivity index (χ1n) is 8.70. The number of hydrogen-bond acceptors (Lipinski definition) is 5. The summed E-state index contributed by atoms with van der Waals surface area (Å²) in [5, 5.41) is 13.0. The number of carboxylic acids is 1. The summed E-state index contributed by atoms with van der Waals surface area (Å²) in [5.41, 5.74) is 4.78. The largest absolute Gasteiger partial charge is 0.492 e. The molecule has 2 rings (SSSR count). The maximum Gasteiger partial charge on any atom is 0.335 e. The average Bonchev–Trinajstić information content (AvgIpc) is 2.67. The van der Waals surface area contributed by atoms with E-state index in [4.69, 9.17) is 9.84 Å². The topological polar surface area (TPSA) is 74.2 Å². The van der Waals surface area contributed by atoms with Gasteiger partial charge in [0.25, 0.3) is 0 Å². The Kier molecular flexibility index (Phi) is 7.64. The molecule has 0 saturated carbocycles. The Morgan fingerprint density at radius 1 is 1.12 bits per heavy atom. The summed E-state index contributed by atoms with van der Waals surface area (Å²) in [6.07, 6.45) is 1.70. The van der Waals surface area contributed by atoms with Crippen LogP contribution in [0.3, 0.4) is 0 Å². The zero-order valence-electron chi connectivity index (χ0n) is 15.2. The zero-order chi connectivity index (χ0) is 18.8. The number of benzene rings is 2. The van der Waals surface area contributed by atoms with Crippen LogP contribution in [-0.4, -0.2) is 48.4 Å². The Morgan fingerprint density at radius 2 is 1.77 bits per heavy atom. The van der Waals surface area contributed by atoms with Crippen LogP contribution in [0.2, 0.25) is 0 Å². The molecule has 6 heteroatoms. The number of ether oxygens (including phenoxy) is 1. The van der Waals surface area contributed by atoms with Crippen LogP contribution in [0.25, 0.3) is 0 Å². The highest BCUT2D eigenvalue weighted by atomic mass is 16.5. The molecule has 0 saturated heterocycles. The summed E-state index contributed by atoms with van der Waals surface area (Å²) in [4.78, 5) is 13.1. The van der Waals surface area contributed by atoms with Crippen molar-refractivity contribution in [3.63, 3.8) is 0 Å². The summed E-state index contributed by atoms with van der Waals surface area (Å²) in [7, 11) is 0. The van der Waals surface area contributed by atoms with Crippen molar-refractivity contribution in [2.45, 2.75) is 13.8 Å². The van der Waals surface area contributed by atoms with Crippen molar-refractivity contribution in [1.29, 1.82) is 0 Å². The molecule has 2 N–H and O–H groups in total. The van der Waals surface area contributed by atoms with Gasteiger partial charge in [-0.25, -0.2) is 4.79 Å². The van der Waals surface area contributed by atoms with E-state index >= 15 is 0 Å². The molecular weight excluding hydrogens is 330 g/mol. The summed E-state index contributed by atoms with van der Waals surface area (Å²) >= 11 is 0. The zero-order valence-corrected chi connectivity index (χ0v) is 15.2. The molecule has 0 radical (unpaired) electrons. The Labute approximate surface area is 154 Å². The highest BCUT2D eigenvalue weighted by Gasteiger charge is 2.01. The lowest BCUT2D eigenvalue weighted by molar-refractivity contribution is 0.0697. The number of anilines is 1. The molecular formula is C20H25N3O3. The van der Waals surface area contributed by atoms with Crippen LogP contribution in [0.5, 0.6) is 5.75 Å². The van der Waals surface area contributed by atoms with E-state index in [2.05, 4.69) is 29.3 Å². The predicted molar refractivity (Wildman–Crippen MR) is 104 cm³/mol. The van der Waals surface area contributed by atoms with Crippen LogP contribution >= 0.6 is 0 Å². The molecule has 2 aromatic rings. The van der Waals surface area contributed by atoms with Crippen LogP contribution in [0.4, 0.5) is 5.69 Å². The van der Waals surface area contributed by atoms with E-state index in [9.17, 15) is 4.79 Å². The van der Waals surface area contributed by atoms with Crippen molar-refractivity contribution in [2.24, 2.45) is 5.10 Å². The monoisotopic (exact) mass is 355 g/mol. The van der Waals surface area contributed by atoms with Crippen molar-refractivity contribution in [1.82, 2.24) is 4.90 Å². The van der Waals surface area contributed by atoms with Crippen LogP contribution in [-0.2, 0) is 0 Å². The Bertz CT molecular complexity index is 708. The first kappa shape index (κ1) is 19.5. The minimum absolute atomic E-state index is 0.246. The minimum Gasteiger partial charge on any atom is -0.492 e. The van der Waals surface area contributed by atoms with Gasteiger partial charge in [0.2, 0.25) is 0 Å². The van der Waals surface area contributed by atoms with Crippen molar-refractivity contribution in [3.05, 3.63) is 59.7 Å². The van der Waals surface area contributed by atoms with Gasteiger partial charge < -0.3 is 14.7 Å². The molecule has 0 aliphatic heterocycles. The van der Waals surface area contributed by atoms with E-state index in [1.807, 2.05) is 24.3 Å². The second kappa shape index (κ2) is 10.2. The van der Waals surface area contributed by atoms with Crippen LogP contribution in [0.15, 0.2) is 53.6 Å². The molecule has 26 heavy (non-hydrogen) atoms. The van der Waals surface area contributed by atoms with Gasteiger partial charge in [-0.2, -0.15) is 5.10 Å². The smallest absolute Gasteiger partial charge is 0.335 e. The van der Waals surface area contributed by atoms with Gasteiger partial charge in [0, 0.05) is 6.54 Å². The van der Waals surface area contributed by atoms with Gasteiger partial charge in [-0.05, 0) is 67.2 Å². The number of hydrogen-bond donors (Lipinski definition) is 2. The van der Waals surface area contributed by atoms with Crippen LogP contribution < -0.4 is 10.2 Å². The van der Waals surface area contributed by atoms with Gasteiger partial charge in [-0.3, -0.25) is 5.43 Å². The van der Waals surface area contributed by atoms with Gasteiger partial charge in [-0.15, -0.1) is 0 Å². The number of aromatic carboxylic acids is 1. The lowest BCUT2D eigenvalue weighted by atomic mass is 10.2. The van der Waals surface area contributed by atoms with Gasteiger partial charge in [0.1, 0.15) is 12.4 Å². The number of nitrogens with zero attached hydrogens (tertiary/aromatic N) is 2. The maximum atomic E-state index is 10.8. The Balaban J connectivity index is 1.80. The number of hydrazone groups is 1. The Morgan fingerprint density at radius 3 is 2.35 bits per heavy atom. The van der Waals surface area contributed by atoms with E-state index in [0.717, 1.165) is 36.6 Å². The van der Waals surface area contributed by atoms with Gasteiger partial charge in [-0.1, -0.05) is 13.8 Å². The molecule has 138 valence electrons. The number of nitrogens with one attached hydrogen (secondary N) is 1. The molecule has 0 bridgehead atoms. The van der Waals surface area contributed by atoms with Gasteiger partial charge in [0.15, 0.2) is 0 Å². The first-order chi connectivity index (χ1) is 12.6. The third-order valence-corrected chi connectivity index (χ3v) is 3.99. The highest BCUT2D eigenvalue weighted by molar-refractivity contribution is 5.88.